The molecule has 0 saturated carbocycles. The van der Waals surface area contributed by atoms with Gasteiger partial charge in [0.25, 0.3) is 0 Å². The molecular weight excluding hydrogens is 256 g/mol. The summed E-state index contributed by atoms with van der Waals surface area (Å²) in [6.07, 6.45) is 1.77. The number of carbonyl (C=O) groups is 2. The lowest BCUT2D eigenvalue weighted by atomic mass is 10.1. The van der Waals surface area contributed by atoms with E-state index < -0.39 is 5.97 Å². The number of nitrogens with one attached hydrogen (secondary N) is 2. The van der Waals surface area contributed by atoms with E-state index in [1.807, 2.05) is 0 Å². The second kappa shape index (κ2) is 5.37. The Balaban J connectivity index is 2.11. The molecular formula is C12H13ClN2O3. The van der Waals surface area contributed by atoms with Gasteiger partial charge in [0, 0.05) is 5.69 Å². The Morgan fingerprint density at radius 3 is 2.83 bits per heavy atom. The van der Waals surface area contributed by atoms with Crippen molar-refractivity contribution in [2.75, 3.05) is 11.9 Å². The average molecular weight is 269 g/mol. The fourth-order valence-corrected chi connectivity index (χ4v) is 2.10. The van der Waals surface area contributed by atoms with Crippen LogP contribution >= 0.6 is 11.6 Å². The highest BCUT2D eigenvalue weighted by molar-refractivity contribution is 6.33. The lowest BCUT2D eigenvalue weighted by Gasteiger charge is -2.11. The van der Waals surface area contributed by atoms with E-state index in [1.165, 1.54) is 12.1 Å². The van der Waals surface area contributed by atoms with Crippen molar-refractivity contribution in [1.29, 1.82) is 0 Å². The Morgan fingerprint density at radius 1 is 1.44 bits per heavy atom. The summed E-state index contributed by atoms with van der Waals surface area (Å²) < 4.78 is 0. The van der Waals surface area contributed by atoms with Crippen LogP contribution in [0.3, 0.4) is 0 Å². The van der Waals surface area contributed by atoms with Crippen LogP contribution in [0.5, 0.6) is 0 Å². The standard InChI is InChI=1S/C12H13ClN2O3/c13-9-4-3-7(6-8(9)12(17)18)15-11(16)10-2-1-5-14-10/h3-4,6,10,14H,1-2,5H2,(H,15,16)(H,17,18)/t10-/m0/s1. The van der Waals surface area contributed by atoms with Crippen LogP contribution in [0.2, 0.25) is 5.02 Å². The minimum Gasteiger partial charge on any atom is -0.478 e. The maximum absolute atomic E-state index is 11.8. The summed E-state index contributed by atoms with van der Waals surface area (Å²) >= 11 is 5.75. The van der Waals surface area contributed by atoms with E-state index in [1.54, 1.807) is 6.07 Å². The van der Waals surface area contributed by atoms with Crippen molar-refractivity contribution >= 4 is 29.2 Å². The van der Waals surface area contributed by atoms with E-state index in [0.29, 0.717) is 5.69 Å². The number of aromatic carboxylic acids is 1. The van der Waals surface area contributed by atoms with Crippen LogP contribution in [0.1, 0.15) is 23.2 Å². The molecule has 0 unspecified atom stereocenters. The topological polar surface area (TPSA) is 78.4 Å². The van der Waals surface area contributed by atoms with Crippen molar-refractivity contribution in [1.82, 2.24) is 5.32 Å². The van der Waals surface area contributed by atoms with Gasteiger partial charge in [-0.05, 0) is 37.6 Å². The first-order valence-corrected chi connectivity index (χ1v) is 6.03. The van der Waals surface area contributed by atoms with Gasteiger partial charge in [-0.25, -0.2) is 4.79 Å². The number of carboxylic acids is 1. The predicted molar refractivity (Wildman–Crippen MR) is 68.1 cm³/mol. The second-order valence-electron chi connectivity index (χ2n) is 4.14. The highest BCUT2D eigenvalue weighted by Gasteiger charge is 2.22. The zero-order valence-electron chi connectivity index (χ0n) is 9.57. The van der Waals surface area contributed by atoms with Crippen LogP contribution in [0.4, 0.5) is 5.69 Å². The van der Waals surface area contributed by atoms with Gasteiger partial charge in [0.1, 0.15) is 0 Å². The molecule has 3 N–H and O–H groups in total. The Kier molecular flexibility index (Phi) is 3.84. The summed E-state index contributed by atoms with van der Waals surface area (Å²) in [5, 5.41) is 14.8. The molecule has 2 rings (SSSR count). The molecule has 6 heteroatoms. The molecule has 1 saturated heterocycles. The summed E-state index contributed by atoms with van der Waals surface area (Å²) in [6, 6.07) is 4.20. The third kappa shape index (κ3) is 2.80. The molecule has 1 aliphatic rings. The third-order valence-electron chi connectivity index (χ3n) is 2.84. The predicted octanol–water partition coefficient (Wildman–Crippen LogP) is 1.73. The molecule has 1 fully saturated rings. The number of carbonyl (C=O) groups excluding carboxylic acids is 1. The van der Waals surface area contributed by atoms with Crippen LogP contribution in [0.15, 0.2) is 18.2 Å². The lowest BCUT2D eigenvalue weighted by Crippen LogP contribution is -2.35. The first-order chi connectivity index (χ1) is 8.58. The van der Waals surface area contributed by atoms with E-state index in [4.69, 9.17) is 16.7 Å². The van der Waals surface area contributed by atoms with Crippen LogP contribution < -0.4 is 10.6 Å². The molecule has 1 atom stereocenters. The normalized spacial score (nSPS) is 18.6. The number of carboxylic acid groups (broad SMARTS) is 1. The van der Waals surface area contributed by atoms with Gasteiger partial charge in [-0.15, -0.1) is 0 Å². The number of anilines is 1. The minimum atomic E-state index is -1.12. The summed E-state index contributed by atoms with van der Waals surface area (Å²) in [7, 11) is 0. The molecule has 0 bridgehead atoms. The van der Waals surface area contributed by atoms with Crippen molar-refractivity contribution in [3.63, 3.8) is 0 Å². The molecule has 18 heavy (non-hydrogen) atoms. The molecule has 0 radical (unpaired) electrons. The van der Waals surface area contributed by atoms with Crippen molar-refractivity contribution < 1.29 is 14.7 Å². The quantitative estimate of drug-likeness (QED) is 0.780. The Hall–Kier alpha value is -1.59. The molecule has 96 valence electrons. The SMILES string of the molecule is O=C(O)c1cc(NC(=O)[C@@H]2CCCN2)ccc1Cl. The molecule has 1 aromatic rings. The highest BCUT2D eigenvalue weighted by atomic mass is 35.5. The number of rotatable bonds is 3. The average Bonchev–Trinajstić information content (AvgIpc) is 2.85. The van der Waals surface area contributed by atoms with Crippen molar-refractivity contribution in [2.24, 2.45) is 0 Å². The Labute approximate surface area is 109 Å². The minimum absolute atomic E-state index is 0.0196. The Morgan fingerprint density at radius 2 is 2.22 bits per heavy atom. The zero-order chi connectivity index (χ0) is 13.1. The van der Waals surface area contributed by atoms with Gasteiger partial charge in [0.2, 0.25) is 5.91 Å². The van der Waals surface area contributed by atoms with Gasteiger partial charge in [-0.3, -0.25) is 4.79 Å². The first-order valence-electron chi connectivity index (χ1n) is 5.65. The van der Waals surface area contributed by atoms with Crippen molar-refractivity contribution in [2.45, 2.75) is 18.9 Å². The number of amides is 1. The van der Waals surface area contributed by atoms with Crippen LogP contribution in [-0.4, -0.2) is 29.6 Å². The van der Waals surface area contributed by atoms with Gasteiger partial charge in [-0.2, -0.15) is 0 Å². The highest BCUT2D eigenvalue weighted by Crippen LogP contribution is 2.21. The molecule has 5 nitrogen and oxygen atoms in total. The second-order valence-corrected chi connectivity index (χ2v) is 4.55. The largest absolute Gasteiger partial charge is 0.478 e. The summed E-state index contributed by atoms with van der Waals surface area (Å²) in [5.41, 5.74) is 0.421. The third-order valence-corrected chi connectivity index (χ3v) is 3.17. The number of hydrogen-bond acceptors (Lipinski definition) is 3. The molecule has 0 aliphatic carbocycles. The number of halogens is 1. The van der Waals surface area contributed by atoms with E-state index in [0.717, 1.165) is 19.4 Å². The molecule has 1 amide bonds. The number of benzene rings is 1. The molecule has 0 aromatic heterocycles. The van der Waals surface area contributed by atoms with Crippen LogP contribution in [-0.2, 0) is 4.79 Å². The summed E-state index contributed by atoms with van der Waals surface area (Å²) in [6.45, 7) is 0.832. The Bertz CT molecular complexity index is 484. The molecule has 1 aromatic carbocycles. The molecule has 0 spiro atoms. The van der Waals surface area contributed by atoms with Gasteiger partial charge in [0.05, 0.1) is 16.6 Å². The van der Waals surface area contributed by atoms with E-state index in [9.17, 15) is 9.59 Å². The lowest BCUT2D eigenvalue weighted by molar-refractivity contribution is -0.117. The fraction of sp³-hybridized carbons (Fsp3) is 0.333. The molecule has 1 heterocycles. The summed E-state index contributed by atoms with van der Waals surface area (Å²) in [5.74, 6) is -1.26. The smallest absolute Gasteiger partial charge is 0.337 e. The molecule has 1 aliphatic heterocycles. The number of hydrogen-bond donors (Lipinski definition) is 3. The van der Waals surface area contributed by atoms with E-state index in [2.05, 4.69) is 10.6 Å². The van der Waals surface area contributed by atoms with Crippen molar-refractivity contribution in [3.8, 4) is 0 Å². The zero-order valence-corrected chi connectivity index (χ0v) is 10.3. The summed E-state index contributed by atoms with van der Waals surface area (Å²) in [4.78, 5) is 22.7. The van der Waals surface area contributed by atoms with Gasteiger partial charge in [-0.1, -0.05) is 11.6 Å². The monoisotopic (exact) mass is 268 g/mol. The van der Waals surface area contributed by atoms with Crippen molar-refractivity contribution in [3.05, 3.63) is 28.8 Å². The van der Waals surface area contributed by atoms with Crippen LogP contribution in [0.25, 0.3) is 0 Å². The van der Waals surface area contributed by atoms with Gasteiger partial charge in [0.15, 0.2) is 0 Å². The first kappa shape index (κ1) is 12.9. The fourth-order valence-electron chi connectivity index (χ4n) is 1.90. The van der Waals surface area contributed by atoms with Gasteiger partial charge >= 0.3 is 5.97 Å². The van der Waals surface area contributed by atoms with Crippen LogP contribution in [0, 0.1) is 0 Å². The van der Waals surface area contributed by atoms with E-state index >= 15 is 0 Å². The van der Waals surface area contributed by atoms with Gasteiger partial charge < -0.3 is 15.7 Å². The maximum atomic E-state index is 11.8. The van der Waals surface area contributed by atoms with E-state index in [-0.39, 0.29) is 22.5 Å². The maximum Gasteiger partial charge on any atom is 0.337 e.